The summed E-state index contributed by atoms with van der Waals surface area (Å²) in [7, 11) is 0. The van der Waals surface area contributed by atoms with Gasteiger partial charge in [0.05, 0.1) is 12.0 Å². The lowest BCUT2D eigenvalue weighted by molar-refractivity contribution is -0.131. The van der Waals surface area contributed by atoms with Crippen molar-refractivity contribution < 1.29 is 19.1 Å². The van der Waals surface area contributed by atoms with Crippen molar-refractivity contribution in [2.45, 2.75) is 45.4 Å². The molecule has 2 aliphatic heterocycles. The van der Waals surface area contributed by atoms with Crippen LogP contribution in [0.1, 0.15) is 32.8 Å². The van der Waals surface area contributed by atoms with Crippen LogP contribution in [0.25, 0.3) is 0 Å². The second kappa shape index (κ2) is 7.31. The third kappa shape index (κ3) is 4.30. The molecule has 3 atom stereocenters. The van der Waals surface area contributed by atoms with Crippen LogP contribution in [-0.2, 0) is 20.9 Å². The van der Waals surface area contributed by atoms with E-state index in [9.17, 15) is 14.4 Å². The summed E-state index contributed by atoms with van der Waals surface area (Å²) in [4.78, 5) is 40.5. The van der Waals surface area contributed by atoms with Crippen molar-refractivity contribution in [2.75, 3.05) is 13.1 Å². The average molecular weight is 373 g/mol. The third-order valence-electron chi connectivity index (χ3n) is 5.07. The van der Waals surface area contributed by atoms with Gasteiger partial charge in [0.15, 0.2) is 0 Å². The van der Waals surface area contributed by atoms with E-state index in [0.717, 1.165) is 11.4 Å². The number of ether oxygens (including phenoxy) is 1. The van der Waals surface area contributed by atoms with Gasteiger partial charge in [-0.3, -0.25) is 14.5 Å². The fourth-order valence-corrected chi connectivity index (χ4v) is 4.05. The molecule has 2 N–H and O–H groups in total. The molecule has 1 aromatic carbocycles. The van der Waals surface area contributed by atoms with Crippen molar-refractivity contribution in [1.82, 2.24) is 9.80 Å². The lowest BCUT2D eigenvalue weighted by Gasteiger charge is -2.29. The number of rotatable bonds is 4. The lowest BCUT2D eigenvalue weighted by Crippen LogP contribution is -2.46. The van der Waals surface area contributed by atoms with E-state index in [4.69, 9.17) is 10.5 Å². The minimum Gasteiger partial charge on any atom is -0.443 e. The molecule has 0 aliphatic carbocycles. The Morgan fingerprint density at radius 2 is 1.85 bits per heavy atom. The predicted molar refractivity (Wildman–Crippen MR) is 99.4 cm³/mol. The summed E-state index contributed by atoms with van der Waals surface area (Å²) in [6.45, 7) is 7.18. The lowest BCUT2D eigenvalue weighted by atomic mass is 9.92. The van der Waals surface area contributed by atoms with Gasteiger partial charge in [0.2, 0.25) is 11.8 Å². The van der Waals surface area contributed by atoms with E-state index in [1.54, 1.807) is 20.8 Å². The van der Waals surface area contributed by atoms with Gasteiger partial charge in [0.25, 0.3) is 0 Å². The first-order valence-electron chi connectivity index (χ1n) is 9.26. The van der Waals surface area contributed by atoms with Gasteiger partial charge < -0.3 is 10.5 Å². The Morgan fingerprint density at radius 3 is 2.44 bits per heavy atom. The molecule has 0 aromatic heterocycles. The second-order valence-corrected chi connectivity index (χ2v) is 8.38. The number of hydrogen-bond donors (Lipinski definition) is 1. The number of imide groups is 1. The summed E-state index contributed by atoms with van der Waals surface area (Å²) >= 11 is 0. The number of hydrogen-bond acceptors (Lipinski definition) is 5. The first kappa shape index (κ1) is 19.4. The molecule has 2 heterocycles. The van der Waals surface area contributed by atoms with Gasteiger partial charge in [0.1, 0.15) is 5.60 Å². The normalized spacial score (nSPS) is 25.5. The first-order chi connectivity index (χ1) is 12.7. The number of carbonyl (C=O) groups excluding carboxylic acids is 3. The maximum absolute atomic E-state index is 13.0. The Labute approximate surface area is 159 Å². The molecule has 0 saturated carbocycles. The highest BCUT2D eigenvalue weighted by atomic mass is 16.6. The van der Waals surface area contributed by atoms with Crippen molar-refractivity contribution in [3.05, 3.63) is 35.9 Å². The molecule has 3 amide bonds. The van der Waals surface area contributed by atoms with Gasteiger partial charge in [-0.05, 0) is 26.3 Å². The van der Waals surface area contributed by atoms with E-state index in [-0.39, 0.29) is 24.2 Å². The van der Waals surface area contributed by atoms with Crippen molar-refractivity contribution in [3.63, 3.8) is 0 Å². The molecule has 2 aliphatic rings. The van der Waals surface area contributed by atoms with Crippen LogP contribution < -0.4 is 5.73 Å². The van der Waals surface area contributed by atoms with Crippen molar-refractivity contribution in [2.24, 2.45) is 17.6 Å². The zero-order valence-electron chi connectivity index (χ0n) is 16.1. The van der Waals surface area contributed by atoms with E-state index in [0.29, 0.717) is 13.1 Å². The van der Waals surface area contributed by atoms with E-state index in [1.165, 1.54) is 5.56 Å². The number of fused-ring (bicyclic) bond motifs is 1. The molecule has 7 nitrogen and oxygen atoms in total. The Balaban J connectivity index is 1.77. The highest BCUT2D eigenvalue weighted by Crippen LogP contribution is 2.39. The van der Waals surface area contributed by atoms with Gasteiger partial charge in [-0.1, -0.05) is 30.3 Å². The Morgan fingerprint density at radius 1 is 1.19 bits per heavy atom. The largest absolute Gasteiger partial charge is 0.443 e. The summed E-state index contributed by atoms with van der Waals surface area (Å²) in [6.07, 6.45) is -0.728. The van der Waals surface area contributed by atoms with Crippen molar-refractivity contribution in [3.8, 4) is 0 Å². The van der Waals surface area contributed by atoms with Crippen LogP contribution in [0, 0.1) is 11.8 Å². The van der Waals surface area contributed by atoms with Crippen LogP contribution in [0.4, 0.5) is 4.79 Å². The molecule has 1 aromatic rings. The zero-order valence-corrected chi connectivity index (χ0v) is 16.1. The van der Waals surface area contributed by atoms with Gasteiger partial charge in [-0.25, -0.2) is 9.69 Å². The Bertz CT molecular complexity index is 728. The summed E-state index contributed by atoms with van der Waals surface area (Å²) in [5.74, 6) is -1.22. The number of amides is 3. The van der Waals surface area contributed by atoms with E-state index in [1.807, 2.05) is 30.3 Å². The van der Waals surface area contributed by atoms with Crippen molar-refractivity contribution >= 4 is 17.9 Å². The predicted octanol–water partition coefficient (Wildman–Crippen LogP) is 1.76. The molecular formula is C20H27N3O4. The maximum Gasteiger partial charge on any atom is 0.417 e. The van der Waals surface area contributed by atoms with Crippen LogP contribution in [0.2, 0.25) is 0 Å². The average Bonchev–Trinajstić information content (AvgIpc) is 3.05. The molecule has 2 saturated heterocycles. The molecule has 146 valence electrons. The fourth-order valence-electron chi connectivity index (χ4n) is 4.05. The van der Waals surface area contributed by atoms with Gasteiger partial charge in [0, 0.05) is 32.0 Å². The fraction of sp³-hybridized carbons (Fsp3) is 0.550. The highest BCUT2D eigenvalue weighted by Gasteiger charge is 2.55. The zero-order chi connectivity index (χ0) is 19.8. The third-order valence-corrected chi connectivity index (χ3v) is 5.07. The second-order valence-electron chi connectivity index (χ2n) is 8.38. The van der Waals surface area contributed by atoms with Crippen molar-refractivity contribution in [1.29, 1.82) is 0 Å². The number of carbonyl (C=O) groups is 3. The van der Waals surface area contributed by atoms with Crippen LogP contribution >= 0.6 is 0 Å². The van der Waals surface area contributed by atoms with Crippen LogP contribution in [0.15, 0.2) is 30.3 Å². The number of nitrogens with zero attached hydrogens (tertiary/aromatic N) is 2. The monoisotopic (exact) mass is 373 g/mol. The van der Waals surface area contributed by atoms with Gasteiger partial charge >= 0.3 is 6.09 Å². The Hall–Kier alpha value is -2.41. The molecular weight excluding hydrogens is 346 g/mol. The smallest absolute Gasteiger partial charge is 0.417 e. The van der Waals surface area contributed by atoms with Gasteiger partial charge in [-0.2, -0.15) is 0 Å². The number of nitrogens with two attached hydrogens (primary N) is 1. The van der Waals surface area contributed by atoms with E-state index in [2.05, 4.69) is 4.90 Å². The molecule has 0 radical (unpaired) electrons. The summed E-state index contributed by atoms with van der Waals surface area (Å²) in [5.41, 5.74) is 5.86. The van der Waals surface area contributed by atoms with Crippen LogP contribution in [-0.4, -0.2) is 52.4 Å². The minimum absolute atomic E-state index is 0.0364. The SMILES string of the molecule is CC(C)(C)OC(=O)N1C(=O)[C@@H]2CN(Cc3ccccc3)C[C@@H]2C1CC(N)=O. The van der Waals surface area contributed by atoms with Crippen LogP contribution in [0.5, 0.6) is 0 Å². The van der Waals surface area contributed by atoms with Crippen LogP contribution in [0.3, 0.4) is 0 Å². The molecule has 3 rings (SSSR count). The number of likely N-dealkylation sites (tertiary alicyclic amines) is 2. The molecule has 27 heavy (non-hydrogen) atoms. The molecule has 0 spiro atoms. The first-order valence-corrected chi connectivity index (χ1v) is 9.26. The summed E-state index contributed by atoms with van der Waals surface area (Å²) < 4.78 is 5.39. The molecule has 7 heteroatoms. The van der Waals surface area contributed by atoms with E-state index >= 15 is 0 Å². The topological polar surface area (TPSA) is 92.9 Å². The quantitative estimate of drug-likeness (QED) is 0.868. The van der Waals surface area contributed by atoms with Gasteiger partial charge in [-0.15, -0.1) is 0 Å². The standard InChI is InChI=1S/C20H27N3O4/c1-20(2,3)27-19(26)23-16(9-17(21)24)14-11-22(12-15(14)18(23)25)10-13-7-5-4-6-8-13/h4-8,14-16H,9-12H2,1-3H3,(H2,21,24)/t14-,15+,16?/m0/s1. The minimum atomic E-state index is -0.717. The Kier molecular flexibility index (Phi) is 5.24. The number of benzene rings is 1. The summed E-state index contributed by atoms with van der Waals surface area (Å²) in [6, 6.07) is 9.48. The van der Waals surface area contributed by atoms with E-state index < -0.39 is 23.6 Å². The maximum atomic E-state index is 13.0. The summed E-state index contributed by atoms with van der Waals surface area (Å²) in [5, 5.41) is 0. The highest BCUT2D eigenvalue weighted by molar-refractivity contribution is 5.97. The molecule has 0 bridgehead atoms. The molecule has 2 fully saturated rings. The number of primary amides is 1. The molecule has 1 unspecified atom stereocenters.